The molecule has 5 rings (SSSR count). The minimum Gasteiger partial charge on any atom is -0.497 e. The van der Waals surface area contributed by atoms with Gasteiger partial charge in [0.2, 0.25) is 0 Å². The van der Waals surface area contributed by atoms with Crippen LogP contribution in [-0.4, -0.2) is 44.1 Å². The van der Waals surface area contributed by atoms with Gasteiger partial charge in [0.15, 0.2) is 14.1 Å². The van der Waals surface area contributed by atoms with E-state index in [1.165, 1.54) is 0 Å². The van der Waals surface area contributed by atoms with Crippen LogP contribution in [-0.2, 0) is 28.6 Å². The summed E-state index contributed by atoms with van der Waals surface area (Å²) in [7, 11) is -1.76. The van der Waals surface area contributed by atoms with Crippen LogP contribution in [0.5, 0.6) is 11.5 Å². The monoisotopic (exact) mass is 727 g/mol. The predicted molar refractivity (Wildman–Crippen MR) is 210 cm³/mol. The number of rotatable bonds is 15. The highest BCUT2D eigenvalue weighted by Gasteiger charge is 2.37. The van der Waals surface area contributed by atoms with Crippen molar-refractivity contribution >= 4 is 30.2 Å². The van der Waals surface area contributed by atoms with Gasteiger partial charge in [-0.2, -0.15) is 5.10 Å². The van der Waals surface area contributed by atoms with Gasteiger partial charge in [-0.3, -0.25) is 10.1 Å². The van der Waals surface area contributed by atoms with E-state index in [0.717, 1.165) is 57.7 Å². The van der Waals surface area contributed by atoms with Crippen molar-refractivity contribution in [1.29, 1.82) is 0 Å². The minimum absolute atomic E-state index is 0.0999. The molecule has 2 N–H and O–H groups in total. The number of benzene rings is 2. The Morgan fingerprint density at radius 2 is 1.67 bits per heavy atom. The van der Waals surface area contributed by atoms with E-state index < -0.39 is 24.1 Å². The van der Waals surface area contributed by atoms with Gasteiger partial charge in [-0.15, -0.1) is 0 Å². The number of hydrogen-bond acceptors (Lipinski definition) is 7. The summed E-state index contributed by atoms with van der Waals surface area (Å²) in [6.45, 7) is 18.1. The van der Waals surface area contributed by atoms with E-state index in [4.69, 9.17) is 34.1 Å². The highest BCUT2D eigenvalue weighted by molar-refractivity contribution is 7.84. The lowest BCUT2D eigenvalue weighted by molar-refractivity contribution is 0.272. The van der Waals surface area contributed by atoms with E-state index in [0.29, 0.717) is 31.2 Å². The highest BCUT2D eigenvalue weighted by atomic mass is 32.2. The quantitative estimate of drug-likeness (QED) is 0.107. The first-order chi connectivity index (χ1) is 24.1. The zero-order chi connectivity index (χ0) is 37.0. The number of aromatic nitrogens is 4. The van der Waals surface area contributed by atoms with Crippen molar-refractivity contribution in [1.82, 2.24) is 19.7 Å². The van der Waals surface area contributed by atoms with Crippen LogP contribution in [0, 0.1) is 0 Å². The molecule has 0 aliphatic heterocycles. The third kappa shape index (κ3) is 9.13. The topological polar surface area (TPSA) is 114 Å². The molecule has 0 spiro atoms. The smallest absolute Gasteiger partial charge is 0.192 e. The lowest BCUT2D eigenvalue weighted by Crippen LogP contribution is -2.40. The number of hydrogen-bond donors (Lipinski definition) is 1. The molecular formula is C40H53N5O4SSi. The number of fused-ring (bicyclic) bond motifs is 1. The van der Waals surface area contributed by atoms with E-state index in [2.05, 4.69) is 52.9 Å². The van der Waals surface area contributed by atoms with Gasteiger partial charge < -0.3 is 13.9 Å². The Morgan fingerprint density at radius 1 is 0.941 bits per heavy atom. The van der Waals surface area contributed by atoms with Gasteiger partial charge in [0, 0.05) is 17.2 Å². The molecule has 51 heavy (non-hydrogen) atoms. The molecule has 0 amide bonds. The third-order valence-corrected chi connectivity index (χ3v) is 15.7. The maximum Gasteiger partial charge on any atom is 0.192 e. The molecule has 0 bridgehead atoms. The summed E-state index contributed by atoms with van der Waals surface area (Å²) in [6.07, 6.45) is 4.40. The van der Waals surface area contributed by atoms with E-state index in [-0.39, 0.29) is 11.0 Å². The number of pyridine rings is 2. The molecule has 5 aromatic rings. The molecule has 0 saturated carbocycles. The second-order valence-electron chi connectivity index (χ2n) is 15.3. The molecule has 2 atom stereocenters. The molecule has 2 aromatic carbocycles. The molecule has 0 fully saturated rings. The van der Waals surface area contributed by atoms with E-state index in [9.17, 15) is 4.21 Å². The molecule has 0 aliphatic carbocycles. The zero-order valence-electron chi connectivity index (χ0n) is 31.5. The second-order valence-corrected chi connectivity index (χ2v) is 21.8. The highest BCUT2D eigenvalue weighted by Crippen LogP contribution is 2.38. The largest absolute Gasteiger partial charge is 0.497 e. The van der Waals surface area contributed by atoms with Gasteiger partial charge in [-0.1, -0.05) is 58.4 Å². The van der Waals surface area contributed by atoms with Gasteiger partial charge in [0.05, 0.1) is 57.9 Å². The fraction of sp³-hybridized carbons (Fsp3) is 0.425. The van der Waals surface area contributed by atoms with Gasteiger partial charge >= 0.3 is 0 Å². The number of ether oxygens (including phenoxy) is 2. The third-order valence-electron chi connectivity index (χ3n) is 10.0. The van der Waals surface area contributed by atoms with Crippen LogP contribution in [0.25, 0.3) is 28.0 Å². The molecule has 0 aliphatic rings. The normalized spacial score (nSPS) is 13.7. The molecule has 9 nitrogen and oxygen atoms in total. The maximum atomic E-state index is 12.4. The Labute approximate surface area is 306 Å². The van der Waals surface area contributed by atoms with Gasteiger partial charge in [0.1, 0.15) is 18.1 Å². The first-order valence-corrected chi connectivity index (χ1v) is 21.8. The maximum absolute atomic E-state index is 12.4. The van der Waals surface area contributed by atoms with Gasteiger partial charge in [-0.05, 0) is 98.9 Å². The van der Waals surface area contributed by atoms with Crippen molar-refractivity contribution in [2.24, 2.45) is 5.14 Å². The number of methoxy groups -OCH3 is 1. The number of nitrogens with zero attached hydrogens (tertiary/aromatic N) is 4. The summed E-state index contributed by atoms with van der Waals surface area (Å²) < 4.78 is 32.1. The summed E-state index contributed by atoms with van der Waals surface area (Å²) in [4.78, 5) is 10.2. The van der Waals surface area contributed by atoms with Crippen molar-refractivity contribution in [3.63, 3.8) is 0 Å². The van der Waals surface area contributed by atoms with Crippen LogP contribution in [0.15, 0.2) is 79.0 Å². The fourth-order valence-corrected chi connectivity index (χ4v) is 7.09. The van der Waals surface area contributed by atoms with E-state index >= 15 is 0 Å². The minimum atomic E-state index is -1.96. The second kappa shape index (κ2) is 15.8. The lowest BCUT2D eigenvalue weighted by Gasteiger charge is -2.36. The van der Waals surface area contributed by atoms with E-state index in [1.54, 1.807) is 7.11 Å². The standard InChI is InChI=1S/C40H53N5O4SSi/c1-10-13-29(24-40(5,6)50(41)46)34-15-12-16-35(44-34)30-22-36-33(37(23-30)48-26-28-18-20-32(47-7)21-19-28)25-42-45(36)38-17-11-14-31(43-38)27-49-51(8,9)39(2,3)4/h11-12,14-23,25,29H,10,13,24,26-27,41H2,1-9H3/t29-,50?/m0/s1. The zero-order valence-corrected chi connectivity index (χ0v) is 33.3. The van der Waals surface area contributed by atoms with Gasteiger partial charge in [0.25, 0.3) is 0 Å². The van der Waals surface area contributed by atoms with Crippen LogP contribution < -0.4 is 14.6 Å². The summed E-state index contributed by atoms with van der Waals surface area (Å²) in [5, 5.41) is 11.7. The molecular weight excluding hydrogens is 675 g/mol. The average Bonchev–Trinajstić information content (AvgIpc) is 3.54. The van der Waals surface area contributed by atoms with Crippen molar-refractivity contribution in [3.8, 4) is 28.6 Å². The SMILES string of the molecule is CCC[C@@H](CC(C)(C)S(N)=O)c1cccc(-c2cc(OCc3ccc(OC)cc3)c3cnn(-c4cccc(CO[Si](C)(C)C(C)(C)C)n4)c3c2)n1. The molecule has 0 saturated heterocycles. The lowest BCUT2D eigenvalue weighted by atomic mass is 9.89. The number of nitrogens with two attached hydrogens (primary N) is 1. The van der Waals surface area contributed by atoms with Crippen LogP contribution in [0.3, 0.4) is 0 Å². The van der Waals surface area contributed by atoms with E-state index in [1.807, 2.05) is 85.4 Å². The summed E-state index contributed by atoms with van der Waals surface area (Å²) >= 11 is 0. The molecule has 0 radical (unpaired) electrons. The van der Waals surface area contributed by atoms with Crippen LogP contribution in [0.2, 0.25) is 18.1 Å². The summed E-state index contributed by atoms with van der Waals surface area (Å²) in [5.41, 5.74) is 5.38. The fourth-order valence-electron chi connectivity index (χ4n) is 5.78. The first-order valence-electron chi connectivity index (χ1n) is 17.6. The molecule has 272 valence electrons. The van der Waals surface area contributed by atoms with Crippen LogP contribution >= 0.6 is 0 Å². The Bertz CT molecular complexity index is 1970. The molecule has 1 unspecified atom stereocenters. The van der Waals surface area contributed by atoms with Crippen LogP contribution in [0.1, 0.15) is 83.7 Å². The molecule has 3 heterocycles. The summed E-state index contributed by atoms with van der Waals surface area (Å²) in [6, 6.07) is 24.1. The van der Waals surface area contributed by atoms with Crippen molar-refractivity contribution < 1.29 is 18.1 Å². The average molecular weight is 728 g/mol. The Hall–Kier alpha value is -3.90. The van der Waals surface area contributed by atoms with Crippen LogP contribution in [0.4, 0.5) is 0 Å². The molecule has 11 heteroatoms. The summed E-state index contributed by atoms with van der Waals surface area (Å²) in [5.74, 6) is 2.29. The predicted octanol–water partition coefficient (Wildman–Crippen LogP) is 9.27. The van der Waals surface area contributed by atoms with Crippen molar-refractivity contribution in [2.75, 3.05) is 7.11 Å². The Balaban J connectivity index is 1.56. The molecule has 3 aromatic heterocycles. The Morgan fingerprint density at radius 3 is 2.33 bits per heavy atom. The Kier molecular flexibility index (Phi) is 11.9. The van der Waals surface area contributed by atoms with Gasteiger partial charge in [-0.25, -0.2) is 13.9 Å². The first kappa shape index (κ1) is 38.3. The van der Waals surface area contributed by atoms with Crippen molar-refractivity contribution in [3.05, 3.63) is 95.9 Å². The van der Waals surface area contributed by atoms with Crippen molar-refractivity contribution in [2.45, 2.75) is 103 Å².